The van der Waals surface area contributed by atoms with Gasteiger partial charge in [0.2, 0.25) is 5.82 Å². The SMILES string of the molecule is COc1ccccc1-c1noc(COC(=O)c2cc(Cl)c(OC)c(OC)c2)n1. The van der Waals surface area contributed by atoms with Gasteiger partial charge >= 0.3 is 5.97 Å². The summed E-state index contributed by atoms with van der Waals surface area (Å²) in [7, 11) is 4.45. The Balaban J connectivity index is 1.72. The molecule has 146 valence electrons. The van der Waals surface area contributed by atoms with Crippen molar-refractivity contribution < 1.29 is 28.3 Å². The lowest BCUT2D eigenvalue weighted by molar-refractivity contribution is 0.0429. The maximum atomic E-state index is 12.3. The monoisotopic (exact) mass is 404 g/mol. The third-order valence-corrected chi connectivity index (χ3v) is 4.09. The highest BCUT2D eigenvalue weighted by molar-refractivity contribution is 6.32. The number of carbonyl (C=O) groups excluding carboxylic acids is 1. The van der Waals surface area contributed by atoms with E-state index < -0.39 is 5.97 Å². The van der Waals surface area contributed by atoms with Gasteiger partial charge < -0.3 is 23.5 Å². The molecule has 0 aliphatic carbocycles. The molecule has 0 saturated carbocycles. The first-order chi connectivity index (χ1) is 13.6. The molecule has 0 unspecified atom stereocenters. The van der Waals surface area contributed by atoms with Crippen molar-refractivity contribution in [2.75, 3.05) is 21.3 Å². The van der Waals surface area contributed by atoms with Gasteiger partial charge in [-0.15, -0.1) is 0 Å². The zero-order chi connectivity index (χ0) is 20.1. The summed E-state index contributed by atoms with van der Waals surface area (Å²) in [6.07, 6.45) is 0. The van der Waals surface area contributed by atoms with Crippen molar-refractivity contribution in [3.05, 3.63) is 52.9 Å². The minimum absolute atomic E-state index is 0.140. The van der Waals surface area contributed by atoms with Crippen LogP contribution in [0.1, 0.15) is 16.2 Å². The summed E-state index contributed by atoms with van der Waals surface area (Å²) in [5, 5.41) is 4.12. The van der Waals surface area contributed by atoms with Crippen molar-refractivity contribution in [3.8, 4) is 28.6 Å². The number of nitrogens with zero attached hydrogens (tertiary/aromatic N) is 2. The maximum absolute atomic E-state index is 12.3. The van der Waals surface area contributed by atoms with Crippen molar-refractivity contribution in [3.63, 3.8) is 0 Å². The smallest absolute Gasteiger partial charge is 0.338 e. The Kier molecular flexibility index (Phi) is 6.00. The van der Waals surface area contributed by atoms with E-state index in [-0.39, 0.29) is 23.1 Å². The zero-order valence-corrected chi connectivity index (χ0v) is 16.1. The largest absolute Gasteiger partial charge is 0.496 e. The molecule has 1 aromatic heterocycles. The molecule has 0 N–H and O–H groups in total. The van der Waals surface area contributed by atoms with Gasteiger partial charge in [-0.05, 0) is 24.3 Å². The number of hydrogen-bond donors (Lipinski definition) is 0. The predicted octanol–water partition coefficient (Wildman–Crippen LogP) is 3.77. The molecule has 0 radical (unpaired) electrons. The van der Waals surface area contributed by atoms with Crippen LogP contribution in [0.4, 0.5) is 0 Å². The average Bonchev–Trinajstić information content (AvgIpc) is 3.20. The van der Waals surface area contributed by atoms with E-state index in [9.17, 15) is 4.79 Å². The molecular weight excluding hydrogens is 388 g/mol. The Bertz CT molecular complexity index is 988. The van der Waals surface area contributed by atoms with Crippen LogP contribution < -0.4 is 14.2 Å². The van der Waals surface area contributed by atoms with Crippen LogP contribution in [-0.4, -0.2) is 37.4 Å². The van der Waals surface area contributed by atoms with E-state index in [2.05, 4.69) is 10.1 Å². The number of aromatic nitrogens is 2. The number of hydrogen-bond acceptors (Lipinski definition) is 8. The lowest BCUT2D eigenvalue weighted by Gasteiger charge is -2.11. The number of para-hydroxylation sites is 1. The number of benzene rings is 2. The first-order valence-electron chi connectivity index (χ1n) is 8.12. The first-order valence-corrected chi connectivity index (χ1v) is 8.49. The van der Waals surface area contributed by atoms with Crippen molar-refractivity contribution in [2.24, 2.45) is 0 Å². The van der Waals surface area contributed by atoms with Gasteiger partial charge in [0, 0.05) is 0 Å². The highest BCUT2D eigenvalue weighted by atomic mass is 35.5. The number of carbonyl (C=O) groups is 1. The van der Waals surface area contributed by atoms with Gasteiger partial charge in [-0.3, -0.25) is 0 Å². The lowest BCUT2D eigenvalue weighted by atomic mass is 10.2. The van der Waals surface area contributed by atoms with E-state index >= 15 is 0 Å². The lowest BCUT2D eigenvalue weighted by Crippen LogP contribution is -2.06. The van der Waals surface area contributed by atoms with Crippen LogP contribution in [0.25, 0.3) is 11.4 Å². The van der Waals surface area contributed by atoms with Gasteiger partial charge in [-0.25, -0.2) is 4.79 Å². The normalized spacial score (nSPS) is 10.4. The molecule has 1 heterocycles. The maximum Gasteiger partial charge on any atom is 0.338 e. The van der Waals surface area contributed by atoms with Crippen LogP contribution in [0.3, 0.4) is 0 Å². The number of methoxy groups -OCH3 is 3. The number of halogens is 1. The summed E-state index contributed by atoms with van der Waals surface area (Å²) in [5.74, 6) is 1.10. The Labute approximate surface area is 165 Å². The molecule has 0 saturated heterocycles. The second kappa shape index (κ2) is 8.62. The Morgan fingerprint density at radius 2 is 1.82 bits per heavy atom. The highest BCUT2D eigenvalue weighted by Gasteiger charge is 2.18. The van der Waals surface area contributed by atoms with Crippen LogP contribution in [-0.2, 0) is 11.3 Å². The van der Waals surface area contributed by atoms with Gasteiger partial charge in [0.25, 0.3) is 5.89 Å². The third kappa shape index (κ3) is 4.01. The number of esters is 1. The van der Waals surface area contributed by atoms with Crippen LogP contribution in [0.2, 0.25) is 5.02 Å². The molecule has 3 aromatic rings. The standard InChI is InChI=1S/C19H17ClN2O6/c1-24-14-7-5-4-6-12(14)18-21-16(28-22-18)10-27-19(23)11-8-13(20)17(26-3)15(9-11)25-2/h4-9H,10H2,1-3H3. The fourth-order valence-electron chi connectivity index (χ4n) is 2.50. The predicted molar refractivity (Wildman–Crippen MR) is 100.0 cm³/mol. The van der Waals surface area contributed by atoms with E-state index in [0.717, 1.165) is 0 Å². The van der Waals surface area contributed by atoms with E-state index in [1.54, 1.807) is 19.2 Å². The molecule has 0 spiro atoms. The van der Waals surface area contributed by atoms with Crippen molar-refractivity contribution in [1.29, 1.82) is 0 Å². The third-order valence-electron chi connectivity index (χ3n) is 3.81. The van der Waals surface area contributed by atoms with Gasteiger partial charge in [-0.1, -0.05) is 28.9 Å². The molecule has 3 rings (SSSR count). The van der Waals surface area contributed by atoms with Gasteiger partial charge in [0.15, 0.2) is 18.1 Å². The Morgan fingerprint density at radius 1 is 1.07 bits per heavy atom. The van der Waals surface area contributed by atoms with Gasteiger partial charge in [0.05, 0.1) is 37.5 Å². The molecule has 0 aliphatic heterocycles. The topological polar surface area (TPSA) is 92.9 Å². The van der Waals surface area contributed by atoms with Crippen LogP contribution in [0.5, 0.6) is 17.2 Å². The van der Waals surface area contributed by atoms with E-state index in [0.29, 0.717) is 28.6 Å². The Morgan fingerprint density at radius 3 is 2.54 bits per heavy atom. The molecule has 0 aliphatic rings. The molecule has 8 nitrogen and oxygen atoms in total. The van der Waals surface area contributed by atoms with Crippen LogP contribution in [0, 0.1) is 0 Å². The highest BCUT2D eigenvalue weighted by Crippen LogP contribution is 2.36. The second-order valence-electron chi connectivity index (χ2n) is 5.48. The first kappa shape index (κ1) is 19.5. The molecule has 0 fully saturated rings. The molecule has 0 atom stereocenters. The minimum Gasteiger partial charge on any atom is -0.496 e. The summed E-state index contributed by atoms with van der Waals surface area (Å²) in [6, 6.07) is 10.1. The fraction of sp³-hybridized carbons (Fsp3) is 0.211. The summed E-state index contributed by atoms with van der Waals surface area (Å²) in [4.78, 5) is 16.6. The summed E-state index contributed by atoms with van der Waals surface area (Å²) >= 11 is 6.11. The summed E-state index contributed by atoms with van der Waals surface area (Å²) in [6.45, 7) is -0.201. The minimum atomic E-state index is -0.625. The molecule has 9 heteroatoms. The van der Waals surface area contributed by atoms with Crippen molar-refractivity contribution in [2.45, 2.75) is 6.61 Å². The Hall–Kier alpha value is -3.26. The molecule has 2 aromatic carbocycles. The van der Waals surface area contributed by atoms with Crippen molar-refractivity contribution in [1.82, 2.24) is 10.1 Å². The molecule has 28 heavy (non-hydrogen) atoms. The fourth-order valence-corrected chi connectivity index (χ4v) is 2.79. The summed E-state index contributed by atoms with van der Waals surface area (Å²) < 4.78 is 26.0. The number of ether oxygens (including phenoxy) is 4. The molecular formula is C19H17ClN2O6. The van der Waals surface area contributed by atoms with E-state index in [1.807, 2.05) is 12.1 Å². The van der Waals surface area contributed by atoms with E-state index in [4.69, 9.17) is 35.1 Å². The molecule has 0 bridgehead atoms. The van der Waals surface area contributed by atoms with Gasteiger partial charge in [-0.2, -0.15) is 4.98 Å². The van der Waals surface area contributed by atoms with Crippen LogP contribution >= 0.6 is 11.6 Å². The quantitative estimate of drug-likeness (QED) is 0.549. The second-order valence-corrected chi connectivity index (χ2v) is 5.89. The van der Waals surface area contributed by atoms with E-state index in [1.165, 1.54) is 26.4 Å². The number of rotatable bonds is 7. The van der Waals surface area contributed by atoms with Crippen LogP contribution in [0.15, 0.2) is 40.9 Å². The average molecular weight is 405 g/mol. The summed E-state index contributed by atoms with van der Waals surface area (Å²) in [5.41, 5.74) is 0.866. The van der Waals surface area contributed by atoms with Gasteiger partial charge in [0.1, 0.15) is 5.75 Å². The van der Waals surface area contributed by atoms with Crippen molar-refractivity contribution >= 4 is 17.6 Å². The molecule has 0 amide bonds. The zero-order valence-electron chi connectivity index (χ0n) is 15.4.